The van der Waals surface area contributed by atoms with Crippen LogP contribution in [0.3, 0.4) is 0 Å². The zero-order valence-corrected chi connectivity index (χ0v) is 12.0. The molecule has 0 spiro atoms. The van der Waals surface area contributed by atoms with Gasteiger partial charge in [-0.15, -0.1) is 0 Å². The maximum Gasteiger partial charge on any atom is -0.00782 e. The van der Waals surface area contributed by atoms with Crippen LogP contribution in [-0.2, 0) is 6.42 Å². The van der Waals surface area contributed by atoms with Gasteiger partial charge in [0.25, 0.3) is 0 Å². The molecule has 0 nitrogen and oxygen atoms in total. The van der Waals surface area contributed by atoms with Gasteiger partial charge < -0.3 is 0 Å². The Morgan fingerprint density at radius 3 is 2.69 bits per heavy atom. The van der Waals surface area contributed by atoms with Crippen molar-refractivity contribution in [2.75, 3.05) is 0 Å². The van der Waals surface area contributed by atoms with Crippen LogP contribution in [0.15, 0.2) is 40.0 Å². The molecule has 1 aliphatic carbocycles. The van der Waals surface area contributed by atoms with E-state index in [1.165, 1.54) is 31.2 Å². The summed E-state index contributed by atoms with van der Waals surface area (Å²) in [4.78, 5) is 0. The molecule has 0 unspecified atom stereocenters. The Balaban J connectivity index is 1.84. The van der Waals surface area contributed by atoms with Crippen molar-refractivity contribution in [2.45, 2.75) is 32.6 Å². The van der Waals surface area contributed by atoms with Crippen LogP contribution in [0.5, 0.6) is 0 Å². The van der Waals surface area contributed by atoms with Crippen molar-refractivity contribution in [1.82, 2.24) is 0 Å². The molecule has 0 heterocycles. The second kappa shape index (κ2) is 5.85. The van der Waals surface area contributed by atoms with Crippen LogP contribution in [0.1, 0.15) is 31.7 Å². The molecule has 0 fully saturated rings. The van der Waals surface area contributed by atoms with E-state index in [-0.39, 0.29) is 0 Å². The van der Waals surface area contributed by atoms with Gasteiger partial charge in [-0.25, -0.2) is 0 Å². The van der Waals surface area contributed by atoms with Gasteiger partial charge >= 0.3 is 0 Å². The van der Waals surface area contributed by atoms with Gasteiger partial charge in [-0.2, -0.15) is 0 Å². The molecule has 0 amide bonds. The number of benzene rings is 1. The molecule has 0 saturated carbocycles. The largest absolute Gasteiger partial charge is 0.0749 e. The van der Waals surface area contributed by atoms with Crippen molar-refractivity contribution in [1.29, 1.82) is 0 Å². The van der Waals surface area contributed by atoms with Crippen LogP contribution in [0.25, 0.3) is 0 Å². The molecule has 1 heteroatoms. The fraction of sp³-hybridized carbons (Fsp3) is 0.467. The second-order valence-electron chi connectivity index (χ2n) is 4.77. The lowest BCUT2D eigenvalue weighted by Crippen LogP contribution is -2.10. The molecule has 1 aromatic rings. The number of aryl methyl sites for hydroxylation is 1. The second-order valence-corrected chi connectivity index (χ2v) is 6.02. The van der Waals surface area contributed by atoms with E-state index in [1.807, 2.05) is 0 Å². The third kappa shape index (κ3) is 3.09. The summed E-state index contributed by atoms with van der Waals surface area (Å²) in [6.45, 7) is 2.41. The Bertz CT molecular complexity index is 353. The zero-order valence-electron chi connectivity index (χ0n) is 9.83. The first-order valence-electron chi connectivity index (χ1n) is 6.17. The number of hydrogen-bond donors (Lipinski definition) is 0. The highest BCUT2D eigenvalue weighted by atomic mass is 127. The molecule has 0 N–H and O–H groups in total. The molecule has 1 aliphatic rings. The standard InChI is InChI=1S/C15H19I/c1-12(14-8-5-9-15(14)16)10-11-13-6-3-2-4-7-13/h2-4,6-7,9,12,14H,5,8,10-11H2,1H3/t12-,14-/m1/s1. The number of rotatable bonds is 4. The highest BCUT2D eigenvalue weighted by Gasteiger charge is 2.22. The van der Waals surface area contributed by atoms with Crippen LogP contribution in [-0.4, -0.2) is 0 Å². The Morgan fingerprint density at radius 1 is 1.31 bits per heavy atom. The van der Waals surface area contributed by atoms with Crippen molar-refractivity contribution in [2.24, 2.45) is 11.8 Å². The van der Waals surface area contributed by atoms with E-state index in [1.54, 1.807) is 3.58 Å². The van der Waals surface area contributed by atoms with E-state index in [0.717, 1.165) is 11.8 Å². The predicted molar refractivity (Wildman–Crippen MR) is 78.8 cm³/mol. The van der Waals surface area contributed by atoms with E-state index < -0.39 is 0 Å². The molecule has 16 heavy (non-hydrogen) atoms. The first-order valence-corrected chi connectivity index (χ1v) is 7.24. The fourth-order valence-electron chi connectivity index (χ4n) is 2.49. The summed E-state index contributed by atoms with van der Waals surface area (Å²) >= 11 is 2.52. The fourth-order valence-corrected chi connectivity index (χ4v) is 3.72. The molecule has 0 radical (unpaired) electrons. The maximum atomic E-state index is 2.52. The molecule has 0 saturated heterocycles. The first-order chi connectivity index (χ1) is 7.77. The van der Waals surface area contributed by atoms with Crippen molar-refractivity contribution in [3.63, 3.8) is 0 Å². The highest BCUT2D eigenvalue weighted by molar-refractivity contribution is 14.1. The monoisotopic (exact) mass is 326 g/mol. The van der Waals surface area contributed by atoms with Gasteiger partial charge in [-0.1, -0.05) is 43.3 Å². The summed E-state index contributed by atoms with van der Waals surface area (Å²) in [7, 11) is 0. The van der Waals surface area contributed by atoms with E-state index in [9.17, 15) is 0 Å². The molecule has 0 bridgehead atoms. The average Bonchev–Trinajstić information content (AvgIpc) is 2.74. The molecule has 0 aromatic heterocycles. The molecule has 86 valence electrons. The number of hydrogen-bond acceptors (Lipinski definition) is 0. The molecule has 2 atom stereocenters. The molecule has 0 aliphatic heterocycles. The normalized spacial score (nSPS) is 21.9. The van der Waals surface area contributed by atoms with Crippen LogP contribution >= 0.6 is 22.6 Å². The van der Waals surface area contributed by atoms with Crippen LogP contribution in [0.2, 0.25) is 0 Å². The molecular formula is C15H19I. The summed E-state index contributed by atoms with van der Waals surface area (Å²) in [6.07, 6.45) is 7.61. The maximum absolute atomic E-state index is 2.52. The van der Waals surface area contributed by atoms with Crippen LogP contribution in [0, 0.1) is 11.8 Å². The highest BCUT2D eigenvalue weighted by Crippen LogP contribution is 2.37. The van der Waals surface area contributed by atoms with Crippen molar-refractivity contribution in [3.05, 3.63) is 45.6 Å². The summed E-state index contributed by atoms with van der Waals surface area (Å²) in [5, 5.41) is 0. The lowest BCUT2D eigenvalue weighted by atomic mass is 9.88. The van der Waals surface area contributed by atoms with E-state index in [2.05, 4.69) is 65.9 Å². The zero-order chi connectivity index (χ0) is 11.4. The first kappa shape index (κ1) is 12.2. The minimum atomic E-state index is 0.825. The van der Waals surface area contributed by atoms with Gasteiger partial charge in [0.05, 0.1) is 0 Å². The summed E-state index contributed by atoms with van der Waals surface area (Å²) in [6, 6.07) is 10.8. The molecule has 1 aromatic carbocycles. The van der Waals surface area contributed by atoms with Crippen LogP contribution < -0.4 is 0 Å². The van der Waals surface area contributed by atoms with Crippen LogP contribution in [0.4, 0.5) is 0 Å². The SMILES string of the molecule is C[C@H](CCc1ccccc1)[C@H]1CCC=C1I. The third-order valence-electron chi connectivity index (χ3n) is 3.59. The third-order valence-corrected chi connectivity index (χ3v) is 4.83. The van der Waals surface area contributed by atoms with Crippen molar-refractivity contribution in [3.8, 4) is 0 Å². The minimum absolute atomic E-state index is 0.825. The van der Waals surface area contributed by atoms with E-state index in [4.69, 9.17) is 0 Å². The lowest BCUT2D eigenvalue weighted by Gasteiger charge is -2.19. The number of halogens is 1. The Labute approximate surface area is 112 Å². The van der Waals surface area contributed by atoms with Gasteiger partial charge in [0.1, 0.15) is 0 Å². The summed E-state index contributed by atoms with van der Waals surface area (Å²) in [5.74, 6) is 1.66. The van der Waals surface area contributed by atoms with E-state index in [0.29, 0.717) is 0 Å². The topological polar surface area (TPSA) is 0 Å². The quantitative estimate of drug-likeness (QED) is 0.684. The Kier molecular flexibility index (Phi) is 4.45. The summed E-state index contributed by atoms with van der Waals surface area (Å²) < 4.78 is 1.60. The average molecular weight is 326 g/mol. The predicted octanol–water partition coefficient (Wildman–Crippen LogP) is 4.98. The van der Waals surface area contributed by atoms with Gasteiger partial charge in [-0.3, -0.25) is 0 Å². The molecular weight excluding hydrogens is 307 g/mol. The van der Waals surface area contributed by atoms with E-state index >= 15 is 0 Å². The van der Waals surface area contributed by atoms with Gasteiger partial charge in [0, 0.05) is 0 Å². The Hall–Kier alpha value is -0.310. The smallest absolute Gasteiger partial charge is 0.00782 e. The van der Waals surface area contributed by atoms with Gasteiger partial charge in [-0.05, 0) is 69.3 Å². The van der Waals surface area contributed by atoms with Gasteiger partial charge in [0.15, 0.2) is 0 Å². The van der Waals surface area contributed by atoms with Crippen molar-refractivity contribution < 1.29 is 0 Å². The summed E-state index contributed by atoms with van der Waals surface area (Å²) in [5.41, 5.74) is 1.48. The number of allylic oxidation sites excluding steroid dienone is 2. The van der Waals surface area contributed by atoms with Gasteiger partial charge in [0.2, 0.25) is 0 Å². The molecule has 2 rings (SSSR count). The lowest BCUT2D eigenvalue weighted by molar-refractivity contribution is 0.394. The van der Waals surface area contributed by atoms with Crippen molar-refractivity contribution >= 4 is 22.6 Å². The Morgan fingerprint density at radius 2 is 2.06 bits per heavy atom. The minimum Gasteiger partial charge on any atom is -0.0749 e.